The van der Waals surface area contributed by atoms with Gasteiger partial charge in [0.05, 0.1) is 0 Å². The first-order valence-corrected chi connectivity index (χ1v) is 8.42. The van der Waals surface area contributed by atoms with Gasteiger partial charge in [-0.1, -0.05) is 39.2 Å². The van der Waals surface area contributed by atoms with Crippen LogP contribution in [0.4, 0.5) is 0 Å². The van der Waals surface area contributed by atoms with E-state index in [2.05, 4.69) is 31.3 Å². The zero-order valence-electron chi connectivity index (χ0n) is 13.0. The molecule has 1 saturated carbocycles. The second kappa shape index (κ2) is 5.85. The number of hydrogen-bond donors (Lipinski definition) is 1. The van der Waals surface area contributed by atoms with Crippen LogP contribution in [0.25, 0.3) is 0 Å². The molecule has 2 aliphatic carbocycles. The van der Waals surface area contributed by atoms with Crippen LogP contribution in [-0.2, 0) is 6.42 Å². The van der Waals surface area contributed by atoms with Gasteiger partial charge in [-0.05, 0) is 49.3 Å². The average Bonchev–Trinajstić information content (AvgIpc) is 2.89. The van der Waals surface area contributed by atoms with E-state index in [1.807, 2.05) is 6.20 Å². The lowest BCUT2D eigenvalue weighted by Crippen LogP contribution is -2.48. The molecule has 0 amide bonds. The number of aryl methyl sites for hydroxylation is 1. The van der Waals surface area contributed by atoms with E-state index in [4.69, 9.17) is 4.98 Å². The number of fused-ring (bicyclic) bond motifs is 1. The molecule has 110 valence electrons. The van der Waals surface area contributed by atoms with Crippen molar-refractivity contribution in [1.29, 1.82) is 0 Å². The van der Waals surface area contributed by atoms with Gasteiger partial charge in [0, 0.05) is 23.9 Å². The van der Waals surface area contributed by atoms with Gasteiger partial charge in [-0.3, -0.25) is 4.98 Å². The molecule has 1 heterocycles. The van der Waals surface area contributed by atoms with Crippen molar-refractivity contribution < 1.29 is 0 Å². The molecule has 1 aromatic heterocycles. The van der Waals surface area contributed by atoms with Crippen LogP contribution in [-0.4, -0.2) is 17.6 Å². The standard InChI is InChI=1S/C18H28N2/c1-3-19-17(18(2)11-5-4-6-12-18)15-10-9-14-8-7-13-20-16(14)15/h7-8,13,15,17,19H,3-6,9-12H2,1-2H3. The molecule has 0 radical (unpaired) electrons. The molecule has 0 bridgehead atoms. The topological polar surface area (TPSA) is 24.9 Å². The third kappa shape index (κ3) is 2.50. The zero-order chi connectivity index (χ0) is 14.0. The molecule has 0 aliphatic heterocycles. The second-order valence-electron chi connectivity index (χ2n) is 6.94. The Labute approximate surface area is 123 Å². The molecule has 1 aromatic rings. The lowest BCUT2D eigenvalue weighted by atomic mass is 9.66. The molecule has 2 aliphatic rings. The third-order valence-corrected chi connectivity index (χ3v) is 5.58. The van der Waals surface area contributed by atoms with Gasteiger partial charge in [0.2, 0.25) is 0 Å². The zero-order valence-corrected chi connectivity index (χ0v) is 13.0. The van der Waals surface area contributed by atoms with Gasteiger partial charge >= 0.3 is 0 Å². The van der Waals surface area contributed by atoms with E-state index in [0.717, 1.165) is 6.54 Å². The quantitative estimate of drug-likeness (QED) is 0.894. The van der Waals surface area contributed by atoms with Gasteiger partial charge in [-0.15, -0.1) is 0 Å². The van der Waals surface area contributed by atoms with E-state index in [-0.39, 0.29) is 0 Å². The molecule has 3 rings (SSSR count). The van der Waals surface area contributed by atoms with Crippen LogP contribution >= 0.6 is 0 Å². The minimum absolute atomic E-state index is 0.456. The molecular weight excluding hydrogens is 244 g/mol. The molecule has 2 unspecified atom stereocenters. The summed E-state index contributed by atoms with van der Waals surface area (Å²) in [5.74, 6) is 0.620. The van der Waals surface area contributed by atoms with E-state index in [1.54, 1.807) is 0 Å². The second-order valence-corrected chi connectivity index (χ2v) is 6.94. The highest BCUT2D eigenvalue weighted by Gasteiger charge is 2.42. The van der Waals surface area contributed by atoms with Gasteiger partial charge < -0.3 is 5.32 Å². The summed E-state index contributed by atoms with van der Waals surface area (Å²) in [6.07, 6.45) is 11.5. The van der Waals surface area contributed by atoms with Crippen molar-refractivity contribution in [2.45, 2.75) is 70.8 Å². The fourth-order valence-electron chi connectivity index (χ4n) is 4.53. The molecule has 20 heavy (non-hydrogen) atoms. The molecule has 1 N–H and O–H groups in total. The fourth-order valence-corrected chi connectivity index (χ4v) is 4.53. The number of hydrogen-bond acceptors (Lipinski definition) is 2. The number of aromatic nitrogens is 1. The van der Waals surface area contributed by atoms with Gasteiger partial charge in [0.25, 0.3) is 0 Å². The Morgan fingerprint density at radius 1 is 1.35 bits per heavy atom. The Morgan fingerprint density at radius 3 is 2.90 bits per heavy atom. The molecule has 2 nitrogen and oxygen atoms in total. The molecule has 0 saturated heterocycles. The van der Waals surface area contributed by atoms with E-state index in [9.17, 15) is 0 Å². The minimum atomic E-state index is 0.456. The van der Waals surface area contributed by atoms with Gasteiger partial charge in [-0.2, -0.15) is 0 Å². The SMILES string of the molecule is CCNC(C1CCc2cccnc21)C1(C)CCCCC1. The number of rotatable bonds is 4. The maximum absolute atomic E-state index is 4.73. The fraction of sp³-hybridized carbons (Fsp3) is 0.722. The van der Waals surface area contributed by atoms with Crippen LogP contribution < -0.4 is 5.32 Å². The Bertz CT molecular complexity index is 448. The first-order chi connectivity index (χ1) is 9.74. The lowest BCUT2D eigenvalue weighted by molar-refractivity contribution is 0.125. The van der Waals surface area contributed by atoms with Crippen molar-refractivity contribution in [3.05, 3.63) is 29.6 Å². The summed E-state index contributed by atoms with van der Waals surface area (Å²) < 4.78 is 0. The first-order valence-electron chi connectivity index (χ1n) is 8.42. The predicted molar refractivity (Wildman–Crippen MR) is 84.0 cm³/mol. The summed E-state index contributed by atoms with van der Waals surface area (Å²) in [4.78, 5) is 4.73. The van der Waals surface area contributed by atoms with Gasteiger partial charge in [0.1, 0.15) is 0 Å². The average molecular weight is 272 g/mol. The maximum atomic E-state index is 4.73. The maximum Gasteiger partial charge on any atom is 0.0482 e. The van der Waals surface area contributed by atoms with Crippen LogP contribution in [0.3, 0.4) is 0 Å². The summed E-state index contributed by atoms with van der Waals surface area (Å²) >= 11 is 0. The van der Waals surface area contributed by atoms with E-state index >= 15 is 0 Å². The highest BCUT2D eigenvalue weighted by atomic mass is 14.9. The van der Waals surface area contributed by atoms with E-state index in [0.29, 0.717) is 17.4 Å². The molecule has 2 atom stereocenters. The number of nitrogens with one attached hydrogen (secondary N) is 1. The Balaban J connectivity index is 1.88. The normalized spacial score (nSPS) is 26.2. The molecule has 0 aromatic carbocycles. The van der Waals surface area contributed by atoms with Crippen molar-refractivity contribution in [2.75, 3.05) is 6.54 Å². The van der Waals surface area contributed by atoms with Crippen molar-refractivity contribution in [2.24, 2.45) is 5.41 Å². The van der Waals surface area contributed by atoms with Crippen LogP contribution in [0, 0.1) is 5.41 Å². The number of nitrogens with zero attached hydrogens (tertiary/aromatic N) is 1. The number of pyridine rings is 1. The molecular formula is C18H28N2. The summed E-state index contributed by atoms with van der Waals surface area (Å²) in [7, 11) is 0. The summed E-state index contributed by atoms with van der Waals surface area (Å²) in [5, 5.41) is 3.84. The highest BCUT2D eigenvalue weighted by Crippen LogP contribution is 2.46. The molecule has 0 spiro atoms. The van der Waals surface area contributed by atoms with Crippen molar-refractivity contribution in [3.63, 3.8) is 0 Å². The van der Waals surface area contributed by atoms with E-state index < -0.39 is 0 Å². The first kappa shape index (κ1) is 14.1. The van der Waals surface area contributed by atoms with Crippen molar-refractivity contribution in [3.8, 4) is 0 Å². The lowest BCUT2D eigenvalue weighted by Gasteiger charge is -2.44. The van der Waals surface area contributed by atoms with Gasteiger partial charge in [-0.25, -0.2) is 0 Å². The predicted octanol–water partition coefficient (Wildman–Crippen LogP) is 4.06. The Hall–Kier alpha value is -0.890. The summed E-state index contributed by atoms with van der Waals surface area (Å²) in [6.45, 7) is 5.83. The van der Waals surface area contributed by atoms with Crippen molar-refractivity contribution >= 4 is 0 Å². The number of likely N-dealkylation sites (N-methyl/N-ethyl adjacent to an activating group) is 1. The van der Waals surface area contributed by atoms with Crippen LogP contribution in [0.2, 0.25) is 0 Å². The van der Waals surface area contributed by atoms with Crippen molar-refractivity contribution in [1.82, 2.24) is 10.3 Å². The van der Waals surface area contributed by atoms with E-state index in [1.165, 1.54) is 56.2 Å². The highest BCUT2D eigenvalue weighted by molar-refractivity contribution is 5.30. The third-order valence-electron chi connectivity index (χ3n) is 5.58. The van der Waals surface area contributed by atoms with Crippen LogP contribution in [0.1, 0.15) is 69.5 Å². The Kier molecular flexibility index (Phi) is 4.11. The smallest absolute Gasteiger partial charge is 0.0482 e. The Morgan fingerprint density at radius 2 is 2.15 bits per heavy atom. The molecule has 1 fully saturated rings. The largest absolute Gasteiger partial charge is 0.313 e. The van der Waals surface area contributed by atoms with Gasteiger partial charge in [0.15, 0.2) is 0 Å². The summed E-state index contributed by atoms with van der Waals surface area (Å²) in [5.41, 5.74) is 3.32. The van der Waals surface area contributed by atoms with Crippen LogP contribution in [0.15, 0.2) is 18.3 Å². The molecule has 2 heteroatoms. The monoisotopic (exact) mass is 272 g/mol. The summed E-state index contributed by atoms with van der Waals surface area (Å²) in [6, 6.07) is 4.96. The minimum Gasteiger partial charge on any atom is -0.313 e. The van der Waals surface area contributed by atoms with Crippen LogP contribution in [0.5, 0.6) is 0 Å².